The first-order chi connectivity index (χ1) is 13.2. The quantitative estimate of drug-likeness (QED) is 0.240. The molecule has 0 spiro atoms. The first-order valence-corrected chi connectivity index (χ1v) is 9.05. The zero-order valence-corrected chi connectivity index (χ0v) is 16.9. The van der Waals surface area contributed by atoms with E-state index in [0.29, 0.717) is 38.1 Å². The van der Waals surface area contributed by atoms with E-state index >= 15 is 0 Å². The Labute approximate surface area is 175 Å². The number of nitrogens with zero attached hydrogens (tertiary/aromatic N) is 1. The normalized spacial score (nSPS) is 13.8. The summed E-state index contributed by atoms with van der Waals surface area (Å²) in [5, 5.41) is 0. The Morgan fingerprint density at radius 3 is 1.89 bits per heavy atom. The topological polar surface area (TPSA) is 133 Å². The van der Waals surface area contributed by atoms with Gasteiger partial charge in [0.25, 0.3) is 0 Å². The fraction of sp³-hybridized carbons (Fsp3) is 0.111. The van der Waals surface area contributed by atoms with E-state index in [-0.39, 0.29) is 36.0 Å². The molecule has 0 aliphatic heterocycles. The molecule has 4 rings (SSSR count). The van der Waals surface area contributed by atoms with Gasteiger partial charge in [0.15, 0.2) is 23.1 Å². The minimum atomic E-state index is -0.182. The molecule has 0 unspecified atom stereocenters. The van der Waals surface area contributed by atoms with Crippen molar-refractivity contribution in [2.24, 2.45) is 4.30 Å². The fourth-order valence-corrected chi connectivity index (χ4v) is 3.48. The number of fused-ring (bicyclic) bond motifs is 2. The van der Waals surface area contributed by atoms with Crippen LogP contribution in [-0.4, -0.2) is 30.8 Å². The molecule has 0 amide bonds. The molecule has 2 aromatic rings. The molecule has 0 heterocycles. The van der Waals surface area contributed by atoms with Crippen molar-refractivity contribution in [3.8, 4) is 0 Å². The number of hydrogen-bond donors (Lipinski definition) is 3. The third-order valence-corrected chi connectivity index (χ3v) is 4.72. The van der Waals surface area contributed by atoms with Gasteiger partial charge in [-0.2, -0.15) is 0 Å². The molecular weight excluding hydrogens is 445 g/mol. The standard InChI is InChI=1S/C9H6BrNO2.C9H7NO2.BHNS/c10-4-1-2-5(11)9-7(13)3-6(12)8(4)9;10-6-3-1-2-5-7(11)4-8(12)9(5)6;1-2-3/h1-2H,3,11H2;1-3H,4,10H2;3H. The van der Waals surface area contributed by atoms with Crippen molar-refractivity contribution in [1.29, 1.82) is 0 Å². The summed E-state index contributed by atoms with van der Waals surface area (Å²) in [6.45, 7) is 0. The maximum absolute atomic E-state index is 11.3. The van der Waals surface area contributed by atoms with Gasteiger partial charge in [-0.05, 0) is 18.2 Å². The van der Waals surface area contributed by atoms with Gasteiger partial charge in [0, 0.05) is 27.0 Å². The zero-order chi connectivity index (χ0) is 21.0. The molecule has 0 bridgehead atoms. The number of nitrogens with two attached hydrogens (primary N) is 2. The third kappa shape index (κ3) is 4.28. The number of hydrogen-bond acceptors (Lipinski definition) is 8. The van der Waals surface area contributed by atoms with Crippen LogP contribution in [0.5, 0.6) is 0 Å². The predicted molar refractivity (Wildman–Crippen MR) is 113 cm³/mol. The summed E-state index contributed by atoms with van der Waals surface area (Å²) in [7, 11) is 4.34. The Kier molecular flexibility index (Phi) is 7.03. The van der Waals surface area contributed by atoms with Crippen molar-refractivity contribution in [2.75, 3.05) is 11.5 Å². The van der Waals surface area contributed by atoms with E-state index in [1.54, 1.807) is 30.3 Å². The van der Waals surface area contributed by atoms with Gasteiger partial charge in [0.1, 0.15) is 0 Å². The van der Waals surface area contributed by atoms with Crippen molar-refractivity contribution < 1.29 is 19.2 Å². The van der Waals surface area contributed by atoms with Crippen molar-refractivity contribution in [3.63, 3.8) is 0 Å². The van der Waals surface area contributed by atoms with Crippen LogP contribution in [0.2, 0.25) is 0 Å². The van der Waals surface area contributed by atoms with Crippen LogP contribution in [0.25, 0.3) is 0 Å². The van der Waals surface area contributed by atoms with Gasteiger partial charge in [0.2, 0.25) is 0 Å². The second-order valence-electron chi connectivity index (χ2n) is 5.82. The Balaban J connectivity index is 0.000000176. The molecule has 0 fully saturated rings. The van der Waals surface area contributed by atoms with Gasteiger partial charge in [-0.15, -0.1) is 0 Å². The number of thiol groups is 1. The van der Waals surface area contributed by atoms with Crippen LogP contribution in [0, 0.1) is 0 Å². The summed E-state index contributed by atoms with van der Waals surface area (Å²) >= 11 is 6.41. The van der Waals surface area contributed by atoms with E-state index in [9.17, 15) is 19.2 Å². The number of rotatable bonds is 0. The minimum absolute atomic E-state index is 0.0243. The molecule has 0 aromatic heterocycles. The first kappa shape index (κ1) is 21.7. The molecule has 2 aliphatic rings. The van der Waals surface area contributed by atoms with Gasteiger partial charge in [-0.25, -0.2) is 0 Å². The molecule has 0 saturated heterocycles. The predicted octanol–water partition coefficient (Wildman–Crippen LogP) is 3.02. The van der Waals surface area contributed by atoms with E-state index in [4.69, 9.17) is 11.5 Å². The molecule has 7 nitrogen and oxygen atoms in total. The Morgan fingerprint density at radius 1 is 0.821 bits per heavy atom. The number of halogens is 1. The van der Waals surface area contributed by atoms with Gasteiger partial charge >= 0.3 is 24.8 Å². The van der Waals surface area contributed by atoms with Crippen LogP contribution in [0.4, 0.5) is 11.4 Å². The Morgan fingerprint density at radius 2 is 1.32 bits per heavy atom. The molecule has 2 aromatic carbocycles. The van der Waals surface area contributed by atoms with Crippen LogP contribution >= 0.6 is 28.7 Å². The zero-order valence-electron chi connectivity index (χ0n) is 14.4. The molecule has 0 saturated carbocycles. The summed E-state index contributed by atoms with van der Waals surface area (Å²) in [6, 6.07) is 8.27. The number of ketones is 4. The van der Waals surface area contributed by atoms with Gasteiger partial charge in [-0.3, -0.25) is 19.2 Å². The summed E-state index contributed by atoms with van der Waals surface area (Å²) < 4.78 is 3.34. The number of Topliss-reactive ketones (excluding diaryl/α,β-unsaturated/α-hetero) is 4. The van der Waals surface area contributed by atoms with Gasteiger partial charge in [0.05, 0.1) is 24.0 Å². The molecule has 10 heteroatoms. The van der Waals surface area contributed by atoms with Crippen molar-refractivity contribution in [2.45, 2.75) is 12.8 Å². The summed E-state index contributed by atoms with van der Waals surface area (Å²) in [4.78, 5) is 45.0. The van der Waals surface area contributed by atoms with Crippen LogP contribution in [0.1, 0.15) is 54.3 Å². The summed E-state index contributed by atoms with van der Waals surface area (Å²) in [5.74, 6) is -0.617. The molecule has 1 radical (unpaired) electrons. The van der Waals surface area contributed by atoms with Crippen LogP contribution < -0.4 is 11.5 Å². The van der Waals surface area contributed by atoms with Crippen molar-refractivity contribution in [1.82, 2.24) is 0 Å². The van der Waals surface area contributed by atoms with Crippen molar-refractivity contribution in [3.05, 3.63) is 57.1 Å². The SMILES string of the molecule is Nc1ccc(Br)c2c1C(=O)CC2=O.Nc1cccc2c1C(=O)CC2=O.[B]=NS. The maximum atomic E-state index is 11.3. The number of nitrogen functional groups attached to an aromatic ring is 2. The Bertz CT molecular complexity index is 987. The number of carbonyl (C=O) groups is 4. The van der Waals surface area contributed by atoms with E-state index in [1.807, 2.05) is 0 Å². The summed E-state index contributed by atoms with van der Waals surface area (Å²) in [5.41, 5.74) is 13.6. The van der Waals surface area contributed by atoms with Gasteiger partial charge in [-0.1, -0.05) is 28.1 Å². The molecule has 28 heavy (non-hydrogen) atoms. The second kappa shape index (κ2) is 9.07. The number of anilines is 2. The monoisotopic (exact) mass is 458 g/mol. The number of benzene rings is 2. The second-order valence-corrected chi connectivity index (χ2v) is 6.90. The van der Waals surface area contributed by atoms with E-state index in [0.717, 1.165) is 0 Å². The van der Waals surface area contributed by atoms with Gasteiger partial charge < -0.3 is 11.5 Å². The van der Waals surface area contributed by atoms with Crippen LogP contribution in [-0.2, 0) is 0 Å². The fourth-order valence-electron chi connectivity index (χ4n) is 2.93. The van der Waals surface area contributed by atoms with E-state index < -0.39 is 0 Å². The average molecular weight is 459 g/mol. The van der Waals surface area contributed by atoms with Crippen LogP contribution in [0.3, 0.4) is 0 Å². The number of carbonyl (C=O) groups excluding carboxylic acids is 4. The molecule has 0 atom stereocenters. The third-order valence-electron chi connectivity index (χ3n) is 4.06. The van der Waals surface area contributed by atoms with Crippen LogP contribution in [0.15, 0.2) is 39.1 Å². The van der Waals surface area contributed by atoms with E-state index in [1.165, 1.54) is 0 Å². The molecular formula is C18H14BBrN3O4S. The van der Waals surface area contributed by atoms with E-state index in [2.05, 4.69) is 40.7 Å². The summed E-state index contributed by atoms with van der Waals surface area (Å²) in [6.07, 6.45) is -0.0777. The average Bonchev–Trinajstić information content (AvgIpc) is 3.10. The Hall–Kier alpha value is -2.59. The molecule has 4 N–H and O–H groups in total. The molecule has 141 valence electrons. The first-order valence-electron chi connectivity index (χ1n) is 7.86. The molecule has 2 aliphatic carbocycles. The van der Waals surface area contributed by atoms with Crippen molar-refractivity contribution >= 4 is 70.9 Å².